The van der Waals surface area contributed by atoms with E-state index in [2.05, 4.69) is 26.6 Å². The number of amides is 5. The summed E-state index contributed by atoms with van der Waals surface area (Å²) in [5, 5.41) is 40.2. The number of benzene rings is 1. The zero-order chi connectivity index (χ0) is 33.6. The smallest absolute Gasteiger partial charge is 0.326 e. The minimum Gasteiger partial charge on any atom is -0.508 e. The molecule has 5 amide bonds. The molecule has 1 rings (SSSR count). The number of hydrogen-bond donors (Lipinski definition) is 9. The number of carboxylic acids is 2. The van der Waals surface area contributed by atoms with Crippen molar-refractivity contribution in [2.45, 2.75) is 71.1 Å². The average molecular weight is 623 g/mol. The van der Waals surface area contributed by atoms with Crippen molar-refractivity contribution in [2.75, 3.05) is 13.1 Å². The number of aromatic hydroxyl groups is 1. The van der Waals surface area contributed by atoms with E-state index < -0.39 is 78.6 Å². The summed E-state index contributed by atoms with van der Waals surface area (Å²) < 4.78 is 0. The lowest BCUT2D eigenvalue weighted by molar-refractivity contribution is -0.143. The van der Waals surface area contributed by atoms with Crippen LogP contribution in [-0.4, -0.2) is 94.1 Å². The van der Waals surface area contributed by atoms with E-state index in [-0.39, 0.29) is 37.0 Å². The molecule has 0 spiro atoms. The van der Waals surface area contributed by atoms with E-state index in [1.54, 1.807) is 27.7 Å². The number of carboxylic acid groups (broad SMARTS) is 2. The van der Waals surface area contributed by atoms with Crippen molar-refractivity contribution in [1.82, 2.24) is 26.6 Å². The lowest BCUT2D eigenvalue weighted by atomic mass is 10.0. The minimum absolute atomic E-state index is 0.0462. The van der Waals surface area contributed by atoms with Crippen LogP contribution in [0.4, 0.5) is 0 Å². The number of carbonyl (C=O) groups excluding carboxylic acids is 5. The molecule has 16 nitrogen and oxygen atoms in total. The number of nitrogens with two attached hydrogens (primary N) is 1. The maximum absolute atomic E-state index is 13.2. The van der Waals surface area contributed by atoms with E-state index in [1.165, 1.54) is 24.3 Å². The van der Waals surface area contributed by atoms with Gasteiger partial charge in [0.1, 0.15) is 29.9 Å². The summed E-state index contributed by atoms with van der Waals surface area (Å²) in [5.41, 5.74) is 5.74. The molecule has 44 heavy (non-hydrogen) atoms. The first-order valence-corrected chi connectivity index (χ1v) is 13.9. The molecule has 10 N–H and O–H groups in total. The first-order valence-electron chi connectivity index (χ1n) is 13.9. The van der Waals surface area contributed by atoms with E-state index in [4.69, 9.17) is 5.73 Å². The van der Waals surface area contributed by atoms with Gasteiger partial charge < -0.3 is 47.6 Å². The maximum atomic E-state index is 13.2. The Morgan fingerprint density at radius 3 is 1.82 bits per heavy atom. The van der Waals surface area contributed by atoms with E-state index in [0.29, 0.717) is 5.56 Å². The third-order valence-corrected chi connectivity index (χ3v) is 6.24. The van der Waals surface area contributed by atoms with E-state index in [1.807, 2.05) is 0 Å². The molecule has 0 saturated carbocycles. The molecule has 0 heterocycles. The maximum Gasteiger partial charge on any atom is 0.326 e. The Morgan fingerprint density at radius 1 is 0.750 bits per heavy atom. The summed E-state index contributed by atoms with van der Waals surface area (Å²) in [6, 6.07) is 0.191. The Bertz CT molecular complexity index is 1190. The topological polar surface area (TPSA) is 266 Å². The molecule has 0 aliphatic heterocycles. The van der Waals surface area contributed by atoms with Crippen LogP contribution in [0.25, 0.3) is 0 Å². The standard InChI is InChI=1S/C28H42N6O10/c1-14(2)9-18(31-22(37)13-30-27(42)24(15(3)4)34-21(36)12-29)25(40)32-19(11-23(38)39)26(41)33-20(28(43)44)10-16-5-7-17(35)8-6-16/h5-8,14-15,18-20,24,35H,9-13,29H2,1-4H3,(H,30,42)(H,31,37)(H,32,40)(H,33,41)(H,34,36)(H,38,39)(H,43,44)/t18-,19-,20-,24-/m0/s1. The lowest BCUT2D eigenvalue weighted by Gasteiger charge is -2.25. The second-order valence-corrected chi connectivity index (χ2v) is 10.9. The predicted octanol–water partition coefficient (Wildman–Crippen LogP) is -1.79. The summed E-state index contributed by atoms with van der Waals surface area (Å²) in [6.45, 7) is 5.98. The highest BCUT2D eigenvalue weighted by molar-refractivity contribution is 5.96. The number of rotatable bonds is 18. The van der Waals surface area contributed by atoms with Gasteiger partial charge in [-0.05, 0) is 36.0 Å². The van der Waals surface area contributed by atoms with Crippen molar-refractivity contribution in [3.8, 4) is 5.75 Å². The molecule has 4 atom stereocenters. The van der Waals surface area contributed by atoms with Crippen LogP contribution >= 0.6 is 0 Å². The highest BCUT2D eigenvalue weighted by atomic mass is 16.4. The average Bonchev–Trinajstić information content (AvgIpc) is 2.93. The first-order chi connectivity index (χ1) is 20.5. The fraction of sp³-hybridized carbons (Fsp3) is 0.536. The fourth-order valence-electron chi connectivity index (χ4n) is 3.99. The summed E-state index contributed by atoms with van der Waals surface area (Å²) in [5.74, 6) is -7.36. The van der Waals surface area contributed by atoms with E-state index >= 15 is 0 Å². The highest BCUT2D eigenvalue weighted by Crippen LogP contribution is 2.12. The quantitative estimate of drug-likeness (QED) is 0.0882. The fourth-order valence-corrected chi connectivity index (χ4v) is 3.99. The van der Waals surface area contributed by atoms with Gasteiger partial charge in [0.05, 0.1) is 19.5 Å². The molecule has 0 fully saturated rings. The van der Waals surface area contributed by atoms with Crippen LogP contribution in [0, 0.1) is 11.8 Å². The molecule has 0 bridgehead atoms. The largest absolute Gasteiger partial charge is 0.508 e. The van der Waals surface area contributed by atoms with Crippen molar-refractivity contribution in [3.63, 3.8) is 0 Å². The van der Waals surface area contributed by atoms with Crippen molar-refractivity contribution >= 4 is 41.5 Å². The van der Waals surface area contributed by atoms with Gasteiger partial charge in [-0.1, -0.05) is 39.8 Å². The van der Waals surface area contributed by atoms with Crippen LogP contribution in [0.3, 0.4) is 0 Å². The molecular formula is C28H42N6O10. The molecule has 0 unspecified atom stereocenters. The Hall–Kier alpha value is -4.73. The summed E-state index contributed by atoms with van der Waals surface area (Å²) in [4.78, 5) is 86.3. The normalized spacial score (nSPS) is 13.6. The van der Waals surface area contributed by atoms with E-state index in [9.17, 15) is 48.9 Å². The van der Waals surface area contributed by atoms with Crippen LogP contribution < -0.4 is 32.3 Å². The van der Waals surface area contributed by atoms with Gasteiger partial charge in [0.15, 0.2) is 0 Å². The monoisotopic (exact) mass is 622 g/mol. The number of hydrogen-bond acceptors (Lipinski definition) is 9. The molecule has 16 heteroatoms. The third kappa shape index (κ3) is 13.5. The lowest BCUT2D eigenvalue weighted by Crippen LogP contribution is -2.57. The Morgan fingerprint density at radius 2 is 1.32 bits per heavy atom. The SMILES string of the molecule is CC(C)C[C@H](NC(=O)CNC(=O)[C@@H](NC(=O)CN)C(C)C)C(=O)N[C@@H](CC(=O)O)C(=O)N[C@@H](Cc1ccc(O)cc1)C(=O)O. The Kier molecular flexibility index (Phi) is 15.3. The van der Waals surface area contributed by atoms with Crippen molar-refractivity contribution < 1.29 is 48.9 Å². The molecule has 0 aromatic heterocycles. The van der Waals surface area contributed by atoms with Crippen molar-refractivity contribution in [1.29, 1.82) is 0 Å². The predicted molar refractivity (Wildman–Crippen MR) is 156 cm³/mol. The van der Waals surface area contributed by atoms with Crippen molar-refractivity contribution in [3.05, 3.63) is 29.8 Å². The number of phenols is 1. The van der Waals surface area contributed by atoms with Gasteiger partial charge in [-0.2, -0.15) is 0 Å². The van der Waals surface area contributed by atoms with Gasteiger partial charge >= 0.3 is 11.9 Å². The zero-order valence-corrected chi connectivity index (χ0v) is 25.1. The molecule has 0 saturated heterocycles. The van der Waals surface area contributed by atoms with E-state index in [0.717, 1.165) is 0 Å². The molecule has 1 aromatic rings. The van der Waals surface area contributed by atoms with Crippen LogP contribution in [0.5, 0.6) is 5.75 Å². The zero-order valence-electron chi connectivity index (χ0n) is 25.1. The van der Waals surface area contributed by atoms with Gasteiger partial charge in [-0.15, -0.1) is 0 Å². The van der Waals surface area contributed by atoms with Gasteiger partial charge in [-0.25, -0.2) is 4.79 Å². The summed E-state index contributed by atoms with van der Waals surface area (Å²) >= 11 is 0. The number of phenolic OH excluding ortho intramolecular Hbond substituents is 1. The minimum atomic E-state index is -1.69. The number of aliphatic carboxylic acids is 2. The molecule has 244 valence electrons. The van der Waals surface area contributed by atoms with Gasteiger partial charge in [0.2, 0.25) is 29.5 Å². The second kappa shape index (κ2) is 18.0. The molecule has 0 radical (unpaired) electrons. The summed E-state index contributed by atoms with van der Waals surface area (Å²) in [7, 11) is 0. The van der Waals surface area contributed by atoms with Crippen molar-refractivity contribution in [2.24, 2.45) is 17.6 Å². The molecular weight excluding hydrogens is 580 g/mol. The van der Waals surface area contributed by atoms with Gasteiger partial charge in [0, 0.05) is 6.42 Å². The van der Waals surface area contributed by atoms with Gasteiger partial charge in [0.25, 0.3) is 0 Å². The summed E-state index contributed by atoms with van der Waals surface area (Å²) in [6.07, 6.45) is -1.00. The first kappa shape index (κ1) is 37.3. The van der Waals surface area contributed by atoms with Crippen LogP contribution in [0.1, 0.15) is 46.1 Å². The Labute approximate surface area is 254 Å². The van der Waals surface area contributed by atoms with Gasteiger partial charge in [-0.3, -0.25) is 28.8 Å². The molecule has 0 aliphatic rings. The molecule has 1 aromatic carbocycles. The molecule has 0 aliphatic carbocycles. The van der Waals surface area contributed by atoms with Crippen LogP contribution in [-0.2, 0) is 40.0 Å². The number of nitrogens with one attached hydrogen (secondary N) is 5. The Balaban J connectivity index is 2.98. The highest BCUT2D eigenvalue weighted by Gasteiger charge is 2.32. The second-order valence-electron chi connectivity index (χ2n) is 10.9. The van der Waals surface area contributed by atoms with Crippen LogP contribution in [0.15, 0.2) is 24.3 Å². The number of carbonyl (C=O) groups is 7. The van der Waals surface area contributed by atoms with Crippen LogP contribution in [0.2, 0.25) is 0 Å². The third-order valence-electron chi connectivity index (χ3n) is 6.24.